The Hall–Kier alpha value is -3.37. The number of nitrogens with one attached hydrogen (secondary N) is 2. The molecule has 0 aliphatic carbocycles. The average molecular weight is 366 g/mol. The summed E-state index contributed by atoms with van der Waals surface area (Å²) in [6.45, 7) is 1.77. The summed E-state index contributed by atoms with van der Waals surface area (Å²) >= 11 is 0. The number of hydrogen-bond donors (Lipinski definition) is 2. The molecule has 0 aromatic heterocycles. The molecule has 2 rings (SSSR count). The molecule has 0 heterocycles. The van der Waals surface area contributed by atoms with Gasteiger partial charge >= 0.3 is 0 Å². The fourth-order valence-corrected chi connectivity index (χ4v) is 2.35. The van der Waals surface area contributed by atoms with Crippen LogP contribution in [0.3, 0.4) is 0 Å². The van der Waals surface area contributed by atoms with Gasteiger partial charge in [-0.05, 0) is 56.4 Å². The van der Waals surface area contributed by atoms with Crippen molar-refractivity contribution >= 4 is 23.2 Å². The van der Waals surface area contributed by atoms with Crippen molar-refractivity contribution in [3.8, 4) is 11.8 Å². The summed E-state index contributed by atoms with van der Waals surface area (Å²) in [6.07, 6.45) is 0. The normalized spacial score (nSPS) is 11.4. The van der Waals surface area contributed by atoms with Crippen LogP contribution in [0.4, 0.5) is 11.4 Å². The summed E-state index contributed by atoms with van der Waals surface area (Å²) in [5.41, 5.74) is 1.66. The van der Waals surface area contributed by atoms with Crippen LogP contribution in [0.1, 0.15) is 12.5 Å². The quantitative estimate of drug-likeness (QED) is 0.785. The number of ether oxygens (including phenoxy) is 1. The number of anilines is 2. The van der Waals surface area contributed by atoms with Gasteiger partial charge in [-0.1, -0.05) is 6.07 Å². The standard InChI is InChI=1S/C20H22N4O3/c1-14(20(26)23-17-6-4-5-15(11-17)12-21)24(2)13-19(25)22-16-7-9-18(27-3)10-8-16/h4-11,14H,13H2,1-3H3,(H,22,25)(H,23,26)/t14-/m1/s1. The van der Waals surface area contributed by atoms with Crippen LogP contribution >= 0.6 is 0 Å². The van der Waals surface area contributed by atoms with E-state index >= 15 is 0 Å². The first-order chi connectivity index (χ1) is 12.9. The lowest BCUT2D eigenvalue weighted by Gasteiger charge is -2.23. The van der Waals surface area contributed by atoms with Crippen molar-refractivity contribution in [3.05, 3.63) is 54.1 Å². The molecular formula is C20H22N4O3. The first-order valence-corrected chi connectivity index (χ1v) is 8.38. The smallest absolute Gasteiger partial charge is 0.241 e. The molecule has 2 N–H and O–H groups in total. The fourth-order valence-electron chi connectivity index (χ4n) is 2.35. The maximum atomic E-state index is 12.4. The molecule has 0 aliphatic heterocycles. The topological polar surface area (TPSA) is 94.5 Å². The predicted molar refractivity (Wildman–Crippen MR) is 104 cm³/mol. The van der Waals surface area contributed by atoms with E-state index in [1.54, 1.807) is 74.5 Å². The number of nitrogens with zero attached hydrogens (tertiary/aromatic N) is 2. The number of rotatable bonds is 7. The van der Waals surface area contributed by atoms with E-state index in [4.69, 9.17) is 10.00 Å². The number of carbonyl (C=O) groups excluding carboxylic acids is 2. The zero-order chi connectivity index (χ0) is 19.8. The molecule has 140 valence electrons. The molecule has 7 nitrogen and oxygen atoms in total. The number of amides is 2. The Kier molecular flexibility index (Phi) is 6.92. The number of hydrogen-bond acceptors (Lipinski definition) is 5. The van der Waals surface area contributed by atoms with Gasteiger partial charge in [0.25, 0.3) is 0 Å². The van der Waals surface area contributed by atoms with Crippen molar-refractivity contribution < 1.29 is 14.3 Å². The molecular weight excluding hydrogens is 344 g/mol. The number of likely N-dealkylation sites (N-methyl/N-ethyl adjacent to an activating group) is 1. The van der Waals surface area contributed by atoms with Gasteiger partial charge in [-0.2, -0.15) is 5.26 Å². The van der Waals surface area contributed by atoms with Crippen LogP contribution in [0.2, 0.25) is 0 Å². The Bertz CT molecular complexity index is 843. The Labute approximate surface area is 158 Å². The van der Waals surface area contributed by atoms with Gasteiger partial charge in [-0.15, -0.1) is 0 Å². The van der Waals surface area contributed by atoms with E-state index in [1.165, 1.54) is 0 Å². The number of benzene rings is 2. The second kappa shape index (κ2) is 9.36. The Balaban J connectivity index is 1.89. The highest BCUT2D eigenvalue weighted by molar-refractivity contribution is 5.96. The highest BCUT2D eigenvalue weighted by atomic mass is 16.5. The van der Waals surface area contributed by atoms with E-state index in [2.05, 4.69) is 10.6 Å². The lowest BCUT2D eigenvalue weighted by atomic mass is 10.2. The summed E-state index contributed by atoms with van der Waals surface area (Å²) in [4.78, 5) is 26.2. The monoisotopic (exact) mass is 366 g/mol. The highest BCUT2D eigenvalue weighted by Gasteiger charge is 2.20. The second-order valence-electron chi connectivity index (χ2n) is 6.05. The molecule has 2 aromatic carbocycles. The van der Waals surface area contributed by atoms with Crippen molar-refractivity contribution in [2.45, 2.75) is 13.0 Å². The number of methoxy groups -OCH3 is 1. The fraction of sp³-hybridized carbons (Fsp3) is 0.250. The summed E-state index contributed by atoms with van der Waals surface area (Å²) in [7, 11) is 3.27. The molecule has 0 saturated carbocycles. The van der Waals surface area contributed by atoms with Crippen molar-refractivity contribution in [2.24, 2.45) is 0 Å². The summed E-state index contributed by atoms with van der Waals surface area (Å²) < 4.78 is 5.08. The maximum absolute atomic E-state index is 12.4. The molecule has 0 aliphatic rings. The molecule has 0 saturated heterocycles. The molecule has 0 fully saturated rings. The van der Waals surface area contributed by atoms with Crippen LogP contribution < -0.4 is 15.4 Å². The summed E-state index contributed by atoms with van der Waals surface area (Å²) in [6, 6.07) is 15.2. The Morgan fingerprint density at radius 3 is 2.48 bits per heavy atom. The summed E-state index contributed by atoms with van der Waals surface area (Å²) in [5, 5.41) is 14.5. The second-order valence-corrected chi connectivity index (χ2v) is 6.05. The van der Waals surface area contributed by atoms with E-state index in [0.29, 0.717) is 22.7 Å². The molecule has 0 unspecified atom stereocenters. The van der Waals surface area contributed by atoms with Crippen LogP contribution in [0.15, 0.2) is 48.5 Å². The van der Waals surface area contributed by atoms with Gasteiger partial charge in [-0.3, -0.25) is 14.5 Å². The van der Waals surface area contributed by atoms with Gasteiger partial charge in [0.15, 0.2) is 0 Å². The van der Waals surface area contributed by atoms with Crippen molar-refractivity contribution in [1.82, 2.24) is 4.90 Å². The molecule has 2 aromatic rings. The molecule has 27 heavy (non-hydrogen) atoms. The summed E-state index contributed by atoms with van der Waals surface area (Å²) in [5.74, 6) is 0.217. The minimum Gasteiger partial charge on any atom is -0.497 e. The third kappa shape index (κ3) is 5.83. The number of nitriles is 1. The van der Waals surface area contributed by atoms with Crippen LogP contribution in [0.5, 0.6) is 5.75 Å². The minimum atomic E-state index is -0.530. The van der Waals surface area contributed by atoms with Crippen LogP contribution in [-0.2, 0) is 9.59 Å². The van der Waals surface area contributed by atoms with Crippen LogP contribution in [-0.4, -0.2) is 43.5 Å². The van der Waals surface area contributed by atoms with Crippen LogP contribution in [0, 0.1) is 11.3 Å². The van der Waals surface area contributed by atoms with Gasteiger partial charge in [0.2, 0.25) is 11.8 Å². The molecule has 0 radical (unpaired) electrons. The third-order valence-corrected chi connectivity index (χ3v) is 4.07. The molecule has 0 spiro atoms. The van der Waals surface area contributed by atoms with E-state index in [9.17, 15) is 9.59 Å². The van der Waals surface area contributed by atoms with Gasteiger partial charge in [0.1, 0.15) is 5.75 Å². The molecule has 1 atom stereocenters. The zero-order valence-corrected chi connectivity index (χ0v) is 15.5. The lowest BCUT2D eigenvalue weighted by Crippen LogP contribution is -2.43. The lowest BCUT2D eigenvalue weighted by molar-refractivity contribution is -0.122. The van der Waals surface area contributed by atoms with E-state index in [-0.39, 0.29) is 18.4 Å². The van der Waals surface area contributed by atoms with Crippen LogP contribution in [0.25, 0.3) is 0 Å². The van der Waals surface area contributed by atoms with Gasteiger partial charge < -0.3 is 15.4 Å². The predicted octanol–water partition coefficient (Wildman–Crippen LogP) is 2.46. The molecule has 7 heteroatoms. The molecule has 0 bridgehead atoms. The number of carbonyl (C=O) groups is 2. The van der Waals surface area contributed by atoms with E-state index < -0.39 is 6.04 Å². The van der Waals surface area contributed by atoms with Crippen molar-refractivity contribution in [3.63, 3.8) is 0 Å². The van der Waals surface area contributed by atoms with Gasteiger partial charge in [-0.25, -0.2) is 0 Å². The molecule has 2 amide bonds. The van der Waals surface area contributed by atoms with Gasteiger partial charge in [0.05, 0.1) is 31.3 Å². The highest BCUT2D eigenvalue weighted by Crippen LogP contribution is 2.15. The van der Waals surface area contributed by atoms with Gasteiger partial charge in [0, 0.05) is 11.4 Å². The van der Waals surface area contributed by atoms with E-state index in [1.807, 2.05) is 6.07 Å². The third-order valence-electron chi connectivity index (χ3n) is 4.07. The first-order valence-electron chi connectivity index (χ1n) is 8.38. The van der Waals surface area contributed by atoms with Crippen molar-refractivity contribution in [1.29, 1.82) is 5.26 Å². The SMILES string of the molecule is COc1ccc(NC(=O)CN(C)[C@H](C)C(=O)Nc2cccc(C#N)c2)cc1. The minimum absolute atomic E-state index is 0.0544. The zero-order valence-electron chi connectivity index (χ0n) is 15.5. The Morgan fingerprint density at radius 2 is 1.85 bits per heavy atom. The van der Waals surface area contributed by atoms with E-state index in [0.717, 1.165) is 0 Å². The van der Waals surface area contributed by atoms with Crippen molar-refractivity contribution in [2.75, 3.05) is 31.3 Å². The largest absolute Gasteiger partial charge is 0.497 e. The maximum Gasteiger partial charge on any atom is 0.241 e. The Morgan fingerprint density at radius 1 is 1.15 bits per heavy atom. The average Bonchev–Trinajstić information content (AvgIpc) is 2.67. The first kappa shape index (κ1) is 19.9.